The first kappa shape index (κ1) is 10.9. The van der Waals surface area contributed by atoms with Crippen molar-refractivity contribution < 1.29 is 5.11 Å². The number of aliphatic imine (C=N–C) groups is 1. The number of thiocarbonyl (C=S) groups is 1. The molecular weight excluding hydrogens is 194 g/mol. The van der Waals surface area contributed by atoms with Crippen LogP contribution in [0.1, 0.15) is 19.8 Å². The Bertz CT molecular complexity index is 350. The minimum absolute atomic E-state index is 0.179. The summed E-state index contributed by atoms with van der Waals surface area (Å²) >= 11 is 4.70. The van der Waals surface area contributed by atoms with Crippen LogP contribution < -0.4 is 0 Å². The molecule has 1 heterocycles. The van der Waals surface area contributed by atoms with Crippen LogP contribution in [0, 0.1) is 0 Å². The first-order chi connectivity index (χ1) is 6.65. The maximum Gasteiger partial charge on any atom is 0.141 e. The smallest absolute Gasteiger partial charge is 0.141 e. The average molecular weight is 207 g/mol. The van der Waals surface area contributed by atoms with Crippen LogP contribution in [0.2, 0.25) is 0 Å². The standard InChI is InChI=1S/C11H13NOS/c1-8(4-6-14)7-10(13)11-9(2)3-5-12-11/h5-7,13H,1,3-4H2,2H3. The van der Waals surface area contributed by atoms with E-state index in [1.807, 2.05) is 6.92 Å². The van der Waals surface area contributed by atoms with E-state index in [0.29, 0.717) is 12.1 Å². The van der Waals surface area contributed by atoms with Crippen molar-refractivity contribution in [3.8, 4) is 0 Å². The molecule has 0 bridgehead atoms. The molecule has 1 rings (SSSR count). The molecule has 1 aliphatic heterocycles. The normalized spacial score (nSPS) is 16.2. The van der Waals surface area contributed by atoms with E-state index in [-0.39, 0.29) is 5.76 Å². The lowest BCUT2D eigenvalue weighted by atomic mass is 10.1. The quantitative estimate of drug-likeness (QED) is 0.436. The van der Waals surface area contributed by atoms with Crippen molar-refractivity contribution in [1.82, 2.24) is 0 Å². The molecule has 0 aliphatic carbocycles. The van der Waals surface area contributed by atoms with Crippen LogP contribution in [0.25, 0.3) is 0 Å². The molecule has 0 aromatic heterocycles. The van der Waals surface area contributed by atoms with Crippen LogP contribution in [-0.2, 0) is 0 Å². The minimum atomic E-state index is 0.179. The fourth-order valence-electron chi connectivity index (χ4n) is 1.19. The molecule has 14 heavy (non-hydrogen) atoms. The topological polar surface area (TPSA) is 32.6 Å². The van der Waals surface area contributed by atoms with Crippen LogP contribution in [0.5, 0.6) is 0 Å². The Morgan fingerprint density at radius 3 is 3.00 bits per heavy atom. The van der Waals surface area contributed by atoms with Gasteiger partial charge < -0.3 is 5.11 Å². The molecule has 0 saturated heterocycles. The Morgan fingerprint density at radius 2 is 2.50 bits per heavy atom. The first-order valence-corrected chi connectivity index (χ1v) is 4.87. The first-order valence-electron chi connectivity index (χ1n) is 4.40. The van der Waals surface area contributed by atoms with Gasteiger partial charge in [0, 0.05) is 19.1 Å². The van der Waals surface area contributed by atoms with Gasteiger partial charge in [-0.15, -0.1) is 0 Å². The van der Waals surface area contributed by atoms with Gasteiger partial charge in [0.15, 0.2) is 0 Å². The molecule has 0 spiro atoms. The molecule has 2 nitrogen and oxygen atoms in total. The lowest BCUT2D eigenvalue weighted by Crippen LogP contribution is -1.88. The molecule has 0 amide bonds. The van der Waals surface area contributed by atoms with E-state index in [1.165, 1.54) is 0 Å². The molecule has 0 aromatic rings. The third kappa shape index (κ3) is 2.64. The van der Waals surface area contributed by atoms with Crippen LogP contribution in [0.3, 0.4) is 0 Å². The molecule has 1 aliphatic rings. The minimum Gasteiger partial charge on any atom is -0.506 e. The average Bonchev–Trinajstić information content (AvgIpc) is 2.51. The van der Waals surface area contributed by atoms with Crippen molar-refractivity contribution in [2.24, 2.45) is 4.99 Å². The zero-order valence-corrected chi connectivity index (χ0v) is 8.97. The number of nitrogens with zero attached hydrogens (tertiary/aromatic N) is 1. The Hall–Kier alpha value is -1.22. The summed E-state index contributed by atoms with van der Waals surface area (Å²) in [5.41, 5.74) is 2.53. The zero-order valence-electron chi connectivity index (χ0n) is 8.16. The molecule has 74 valence electrons. The lowest BCUT2D eigenvalue weighted by molar-refractivity contribution is 0.421. The fraction of sp³-hybridized carbons (Fsp3) is 0.273. The summed E-state index contributed by atoms with van der Waals surface area (Å²) in [5.74, 6) is 0.179. The van der Waals surface area contributed by atoms with Gasteiger partial charge in [0.2, 0.25) is 0 Å². The molecule has 3 heteroatoms. The summed E-state index contributed by atoms with van der Waals surface area (Å²) < 4.78 is 0. The number of hydrogen-bond acceptors (Lipinski definition) is 3. The van der Waals surface area contributed by atoms with E-state index in [4.69, 9.17) is 12.2 Å². The Balaban J connectivity index is 2.78. The predicted octanol–water partition coefficient (Wildman–Crippen LogP) is 3.12. The Kier molecular flexibility index (Phi) is 3.77. The van der Waals surface area contributed by atoms with Crippen LogP contribution in [-0.4, -0.2) is 16.7 Å². The summed E-state index contributed by atoms with van der Waals surface area (Å²) in [7, 11) is 0. The summed E-state index contributed by atoms with van der Waals surface area (Å²) in [6.45, 7) is 5.72. The third-order valence-corrected chi connectivity index (χ3v) is 2.12. The second-order valence-corrected chi connectivity index (χ2v) is 3.54. The number of aliphatic hydroxyl groups excluding tert-OH is 1. The van der Waals surface area contributed by atoms with E-state index in [1.54, 1.807) is 17.7 Å². The van der Waals surface area contributed by atoms with Gasteiger partial charge in [0.25, 0.3) is 0 Å². The largest absolute Gasteiger partial charge is 0.506 e. The maximum atomic E-state index is 9.70. The summed E-state index contributed by atoms with van der Waals surface area (Å²) in [6.07, 6.45) is 4.82. The summed E-state index contributed by atoms with van der Waals surface area (Å²) in [4.78, 5) is 4.09. The highest BCUT2D eigenvalue weighted by molar-refractivity contribution is 7.79. The monoisotopic (exact) mass is 207 g/mol. The zero-order chi connectivity index (χ0) is 10.6. The molecule has 0 fully saturated rings. The Labute approximate surface area is 89.4 Å². The van der Waals surface area contributed by atoms with Crippen molar-refractivity contribution in [3.63, 3.8) is 0 Å². The van der Waals surface area contributed by atoms with E-state index in [9.17, 15) is 5.11 Å². The van der Waals surface area contributed by atoms with Gasteiger partial charge in [-0.05, 0) is 29.5 Å². The van der Waals surface area contributed by atoms with Gasteiger partial charge in [-0.25, -0.2) is 0 Å². The Morgan fingerprint density at radius 1 is 1.79 bits per heavy atom. The lowest BCUT2D eigenvalue weighted by Gasteiger charge is -2.01. The molecule has 0 aromatic carbocycles. The van der Waals surface area contributed by atoms with Crippen LogP contribution in [0.4, 0.5) is 0 Å². The van der Waals surface area contributed by atoms with Gasteiger partial charge in [0.05, 0.1) is 0 Å². The van der Waals surface area contributed by atoms with Gasteiger partial charge >= 0.3 is 0 Å². The third-order valence-electron chi connectivity index (χ3n) is 1.95. The van der Waals surface area contributed by atoms with Gasteiger partial charge in [-0.3, -0.25) is 4.99 Å². The molecular formula is C11H13NOS. The van der Waals surface area contributed by atoms with Crippen LogP contribution in [0.15, 0.2) is 40.2 Å². The second kappa shape index (κ2) is 4.86. The van der Waals surface area contributed by atoms with Gasteiger partial charge in [0.1, 0.15) is 11.5 Å². The predicted molar refractivity (Wildman–Crippen MR) is 63.9 cm³/mol. The van der Waals surface area contributed by atoms with E-state index < -0.39 is 0 Å². The SMILES string of the molecule is C=C(C=C(O)C1=C(C)CC=N1)CC=S. The van der Waals surface area contributed by atoms with Crippen molar-refractivity contribution in [2.45, 2.75) is 19.8 Å². The summed E-state index contributed by atoms with van der Waals surface area (Å²) in [6, 6.07) is 0. The van der Waals surface area contributed by atoms with E-state index in [2.05, 4.69) is 11.6 Å². The van der Waals surface area contributed by atoms with Crippen molar-refractivity contribution in [1.29, 1.82) is 0 Å². The molecule has 0 radical (unpaired) electrons. The van der Waals surface area contributed by atoms with Crippen molar-refractivity contribution in [2.75, 3.05) is 0 Å². The molecule has 0 saturated carbocycles. The molecule has 0 unspecified atom stereocenters. The number of allylic oxidation sites excluding steroid dienone is 3. The molecule has 1 N–H and O–H groups in total. The second-order valence-electron chi connectivity index (χ2n) is 3.20. The van der Waals surface area contributed by atoms with Crippen molar-refractivity contribution in [3.05, 3.63) is 35.3 Å². The summed E-state index contributed by atoms with van der Waals surface area (Å²) in [5, 5.41) is 11.3. The highest BCUT2D eigenvalue weighted by atomic mass is 32.1. The maximum absolute atomic E-state index is 9.70. The highest BCUT2D eigenvalue weighted by Gasteiger charge is 2.10. The number of aliphatic hydroxyl groups is 1. The van der Waals surface area contributed by atoms with E-state index >= 15 is 0 Å². The van der Waals surface area contributed by atoms with Crippen LogP contribution >= 0.6 is 12.2 Å². The van der Waals surface area contributed by atoms with Gasteiger partial charge in [-0.2, -0.15) is 0 Å². The van der Waals surface area contributed by atoms with Crippen molar-refractivity contribution >= 4 is 23.8 Å². The highest BCUT2D eigenvalue weighted by Crippen LogP contribution is 2.21. The molecule has 0 atom stereocenters. The number of rotatable bonds is 4. The fourth-order valence-corrected chi connectivity index (χ4v) is 1.41. The van der Waals surface area contributed by atoms with Gasteiger partial charge in [-0.1, -0.05) is 18.8 Å². The van der Waals surface area contributed by atoms with E-state index in [0.717, 1.165) is 17.6 Å². The number of hydrogen-bond donors (Lipinski definition) is 1.